The Morgan fingerprint density at radius 1 is 0.867 bits per heavy atom. The molecule has 1 atom stereocenters. The molecule has 0 heterocycles. The van der Waals surface area contributed by atoms with Crippen molar-refractivity contribution in [2.24, 2.45) is 0 Å². The predicted molar refractivity (Wildman–Crippen MR) is 48.4 cm³/mol. The minimum atomic E-state index is -2.13. The minimum Gasteiger partial charge on any atom is -0.203 e. The second kappa shape index (κ2) is 4.47. The molecule has 6 heteroatoms. The molecular formula is C9H6BrF5. The lowest BCUT2D eigenvalue weighted by atomic mass is 10.0. The molecule has 0 saturated heterocycles. The van der Waals surface area contributed by atoms with E-state index >= 15 is 0 Å². The molecule has 84 valence electrons. The van der Waals surface area contributed by atoms with Crippen molar-refractivity contribution in [2.75, 3.05) is 5.33 Å². The van der Waals surface area contributed by atoms with Crippen LogP contribution in [0.1, 0.15) is 18.4 Å². The molecule has 0 spiro atoms. The van der Waals surface area contributed by atoms with Crippen LogP contribution in [0, 0.1) is 29.1 Å². The zero-order chi connectivity index (χ0) is 11.7. The molecule has 1 unspecified atom stereocenters. The first-order valence-electron chi connectivity index (χ1n) is 3.99. The Bertz CT molecular complexity index is 362. The van der Waals surface area contributed by atoms with Gasteiger partial charge in [-0.15, -0.1) is 0 Å². The normalized spacial score (nSPS) is 13.0. The minimum absolute atomic E-state index is 0.103. The monoisotopic (exact) mass is 288 g/mol. The fraction of sp³-hybridized carbons (Fsp3) is 0.333. The molecule has 0 saturated carbocycles. The van der Waals surface area contributed by atoms with E-state index in [0.717, 1.165) is 0 Å². The molecule has 1 rings (SSSR count). The summed E-state index contributed by atoms with van der Waals surface area (Å²) in [5.74, 6) is -10.3. The Balaban J connectivity index is 3.52. The maximum Gasteiger partial charge on any atom is 0.200 e. The first-order valence-corrected chi connectivity index (χ1v) is 5.11. The van der Waals surface area contributed by atoms with Gasteiger partial charge in [0.15, 0.2) is 23.3 Å². The van der Waals surface area contributed by atoms with Crippen molar-refractivity contribution in [1.82, 2.24) is 0 Å². The first-order chi connectivity index (χ1) is 6.91. The Labute approximate surface area is 91.2 Å². The lowest BCUT2D eigenvalue weighted by Crippen LogP contribution is -2.10. The van der Waals surface area contributed by atoms with Crippen molar-refractivity contribution < 1.29 is 22.0 Å². The van der Waals surface area contributed by atoms with Crippen molar-refractivity contribution in [3.8, 4) is 0 Å². The molecule has 0 aromatic heterocycles. The molecule has 15 heavy (non-hydrogen) atoms. The summed E-state index contributed by atoms with van der Waals surface area (Å²) in [5, 5.41) is 0.103. The summed E-state index contributed by atoms with van der Waals surface area (Å²) in [6, 6.07) is 0. The van der Waals surface area contributed by atoms with Gasteiger partial charge in [-0.1, -0.05) is 22.9 Å². The lowest BCUT2D eigenvalue weighted by Gasteiger charge is -2.12. The molecule has 0 N–H and O–H groups in total. The molecule has 0 nitrogen and oxygen atoms in total. The second-order valence-corrected chi connectivity index (χ2v) is 3.69. The van der Waals surface area contributed by atoms with E-state index in [4.69, 9.17) is 0 Å². The zero-order valence-corrected chi connectivity index (χ0v) is 9.14. The van der Waals surface area contributed by atoms with Crippen molar-refractivity contribution in [3.63, 3.8) is 0 Å². The van der Waals surface area contributed by atoms with Gasteiger partial charge in [0.1, 0.15) is 0 Å². The number of halogens is 6. The number of hydrogen-bond donors (Lipinski definition) is 0. The van der Waals surface area contributed by atoms with Crippen LogP contribution in [0.15, 0.2) is 0 Å². The summed E-state index contributed by atoms with van der Waals surface area (Å²) in [5.41, 5.74) is -0.789. The molecule has 0 aliphatic rings. The predicted octanol–water partition coefficient (Wildman–Crippen LogP) is 3.88. The van der Waals surface area contributed by atoms with E-state index in [-0.39, 0.29) is 5.33 Å². The highest BCUT2D eigenvalue weighted by Crippen LogP contribution is 2.29. The van der Waals surface area contributed by atoms with E-state index < -0.39 is 40.6 Å². The Hall–Kier alpha value is -0.650. The highest BCUT2D eigenvalue weighted by atomic mass is 79.9. The smallest absolute Gasteiger partial charge is 0.200 e. The van der Waals surface area contributed by atoms with Gasteiger partial charge in [0, 0.05) is 10.9 Å². The Kier molecular flexibility index (Phi) is 3.70. The van der Waals surface area contributed by atoms with Gasteiger partial charge in [-0.3, -0.25) is 0 Å². The zero-order valence-electron chi connectivity index (χ0n) is 7.55. The van der Waals surface area contributed by atoms with Gasteiger partial charge in [-0.05, 0) is 5.92 Å². The molecule has 1 aromatic rings. The van der Waals surface area contributed by atoms with Gasteiger partial charge in [-0.2, -0.15) is 0 Å². The molecule has 0 aliphatic carbocycles. The van der Waals surface area contributed by atoms with Gasteiger partial charge < -0.3 is 0 Å². The van der Waals surface area contributed by atoms with Crippen LogP contribution in [0.3, 0.4) is 0 Å². The molecule has 0 aliphatic heterocycles. The fourth-order valence-corrected chi connectivity index (χ4v) is 1.46. The van der Waals surface area contributed by atoms with E-state index in [1.807, 2.05) is 0 Å². The fourth-order valence-electron chi connectivity index (χ4n) is 1.13. The summed E-state index contributed by atoms with van der Waals surface area (Å²) >= 11 is 2.92. The maximum atomic E-state index is 13.1. The number of benzene rings is 1. The highest BCUT2D eigenvalue weighted by molar-refractivity contribution is 9.09. The van der Waals surface area contributed by atoms with Gasteiger partial charge in [-0.25, -0.2) is 22.0 Å². The average Bonchev–Trinajstić information content (AvgIpc) is 2.23. The largest absolute Gasteiger partial charge is 0.203 e. The van der Waals surface area contributed by atoms with Gasteiger partial charge in [0.25, 0.3) is 0 Å². The molecular weight excluding hydrogens is 283 g/mol. The third kappa shape index (κ3) is 2.00. The van der Waals surface area contributed by atoms with Crippen LogP contribution in [-0.2, 0) is 0 Å². The Morgan fingerprint density at radius 2 is 1.20 bits per heavy atom. The Morgan fingerprint density at radius 3 is 1.53 bits per heavy atom. The van der Waals surface area contributed by atoms with Crippen LogP contribution in [0.25, 0.3) is 0 Å². The van der Waals surface area contributed by atoms with Crippen LogP contribution in [-0.4, -0.2) is 5.33 Å². The molecule has 0 amide bonds. The van der Waals surface area contributed by atoms with E-state index in [9.17, 15) is 22.0 Å². The summed E-state index contributed by atoms with van der Waals surface area (Å²) in [4.78, 5) is 0. The molecule has 0 fully saturated rings. The third-order valence-electron chi connectivity index (χ3n) is 1.97. The number of alkyl halides is 1. The maximum absolute atomic E-state index is 13.1. The number of hydrogen-bond acceptors (Lipinski definition) is 0. The first kappa shape index (κ1) is 12.4. The van der Waals surface area contributed by atoms with Crippen LogP contribution in [0.5, 0.6) is 0 Å². The van der Waals surface area contributed by atoms with E-state index in [1.165, 1.54) is 6.92 Å². The second-order valence-electron chi connectivity index (χ2n) is 3.04. The quantitative estimate of drug-likeness (QED) is 0.335. The summed E-state index contributed by atoms with van der Waals surface area (Å²) in [7, 11) is 0. The van der Waals surface area contributed by atoms with Crippen molar-refractivity contribution in [2.45, 2.75) is 12.8 Å². The van der Waals surface area contributed by atoms with Crippen molar-refractivity contribution in [1.29, 1.82) is 0 Å². The van der Waals surface area contributed by atoms with Crippen LogP contribution >= 0.6 is 15.9 Å². The standard InChI is InChI=1S/C9H6BrF5/c1-3(2-10)4-5(11)7(13)9(15)8(14)6(4)12/h3H,2H2,1H3. The lowest BCUT2D eigenvalue weighted by molar-refractivity contribution is 0.367. The van der Waals surface area contributed by atoms with Gasteiger partial charge >= 0.3 is 0 Å². The van der Waals surface area contributed by atoms with E-state index in [2.05, 4.69) is 15.9 Å². The molecule has 1 aromatic carbocycles. The van der Waals surface area contributed by atoms with Gasteiger partial charge in [0.2, 0.25) is 5.82 Å². The van der Waals surface area contributed by atoms with Crippen LogP contribution in [0.2, 0.25) is 0 Å². The third-order valence-corrected chi connectivity index (χ3v) is 2.94. The van der Waals surface area contributed by atoms with E-state index in [1.54, 1.807) is 0 Å². The summed E-state index contributed by atoms with van der Waals surface area (Å²) in [6.45, 7) is 1.35. The van der Waals surface area contributed by atoms with Crippen LogP contribution < -0.4 is 0 Å². The summed E-state index contributed by atoms with van der Waals surface area (Å²) in [6.07, 6.45) is 0. The van der Waals surface area contributed by atoms with Gasteiger partial charge in [0.05, 0.1) is 0 Å². The molecule has 0 bridgehead atoms. The SMILES string of the molecule is CC(CBr)c1c(F)c(F)c(F)c(F)c1F. The average molecular weight is 289 g/mol. The number of rotatable bonds is 2. The highest BCUT2D eigenvalue weighted by Gasteiger charge is 2.27. The summed E-state index contributed by atoms with van der Waals surface area (Å²) < 4.78 is 64.3. The van der Waals surface area contributed by atoms with E-state index in [0.29, 0.717) is 0 Å². The van der Waals surface area contributed by atoms with Crippen LogP contribution in [0.4, 0.5) is 22.0 Å². The van der Waals surface area contributed by atoms with Crippen molar-refractivity contribution >= 4 is 15.9 Å². The topological polar surface area (TPSA) is 0 Å². The van der Waals surface area contributed by atoms with Crippen molar-refractivity contribution in [3.05, 3.63) is 34.6 Å². The molecule has 0 radical (unpaired) electrons.